The second-order valence-corrected chi connectivity index (χ2v) is 7.50. The number of aromatic nitrogens is 1. The first kappa shape index (κ1) is 16.8. The Morgan fingerprint density at radius 2 is 2.05 bits per heavy atom. The maximum Gasteiger partial charge on any atom is 0.247 e. The largest absolute Gasteiger partial charge is 0.383 e. The number of nitrogens with zero attached hydrogens (tertiary/aromatic N) is 2. The van der Waals surface area contributed by atoms with Crippen LogP contribution in [-0.2, 0) is 10.0 Å². The van der Waals surface area contributed by atoms with Gasteiger partial charge in [-0.1, -0.05) is 11.6 Å². The molecule has 2 aliphatic heterocycles. The topological polar surface area (TPSA) is 88.3 Å². The first-order valence-corrected chi connectivity index (χ1v) is 8.47. The molecule has 21 heavy (non-hydrogen) atoms. The van der Waals surface area contributed by atoms with Crippen molar-refractivity contribution in [2.24, 2.45) is 0 Å². The smallest absolute Gasteiger partial charge is 0.247 e. The molecule has 2 unspecified atom stereocenters. The predicted octanol–water partition coefficient (Wildman–Crippen LogP) is 1.25. The lowest BCUT2D eigenvalue weighted by Crippen LogP contribution is -2.42. The monoisotopic (exact) mass is 352 g/mol. The highest BCUT2D eigenvalue weighted by Gasteiger charge is 2.43. The minimum absolute atomic E-state index is 0. The summed E-state index contributed by atoms with van der Waals surface area (Å²) in [4.78, 5) is 3.88. The van der Waals surface area contributed by atoms with E-state index in [2.05, 4.69) is 10.3 Å². The molecular weight excluding hydrogens is 335 g/mol. The molecule has 0 spiro atoms. The molecule has 1 aromatic heterocycles. The second-order valence-electron chi connectivity index (χ2n) is 5.25. The van der Waals surface area contributed by atoms with Crippen LogP contribution in [0, 0.1) is 0 Å². The zero-order valence-corrected chi connectivity index (χ0v) is 13.7. The van der Waals surface area contributed by atoms with Crippen molar-refractivity contribution < 1.29 is 8.42 Å². The van der Waals surface area contributed by atoms with Crippen molar-refractivity contribution in [2.45, 2.75) is 36.2 Å². The second kappa shape index (κ2) is 6.26. The number of hydrogen-bond donors (Lipinski definition) is 2. The molecule has 2 aliphatic rings. The number of rotatable bonds is 2. The van der Waals surface area contributed by atoms with Gasteiger partial charge in [-0.3, -0.25) is 0 Å². The van der Waals surface area contributed by atoms with E-state index in [1.54, 1.807) is 4.31 Å². The minimum atomic E-state index is -3.65. The number of halogens is 2. The normalized spacial score (nSPS) is 26.1. The molecule has 0 aromatic carbocycles. The van der Waals surface area contributed by atoms with Gasteiger partial charge in [0.15, 0.2) is 0 Å². The zero-order chi connectivity index (χ0) is 14.3. The predicted molar refractivity (Wildman–Crippen MR) is 84.2 cm³/mol. The Kier molecular flexibility index (Phi) is 4.99. The lowest BCUT2D eigenvalue weighted by molar-refractivity contribution is 0.334. The average Bonchev–Trinajstić information content (AvgIpc) is 2.66. The Morgan fingerprint density at radius 1 is 1.33 bits per heavy atom. The summed E-state index contributed by atoms with van der Waals surface area (Å²) in [6.07, 6.45) is 3.96. The van der Waals surface area contributed by atoms with E-state index < -0.39 is 10.0 Å². The van der Waals surface area contributed by atoms with Crippen molar-refractivity contribution in [1.82, 2.24) is 14.6 Å². The summed E-state index contributed by atoms with van der Waals surface area (Å²) < 4.78 is 27.4. The highest BCUT2D eigenvalue weighted by atomic mass is 35.5. The molecule has 0 aliphatic carbocycles. The fourth-order valence-corrected chi connectivity index (χ4v) is 5.30. The molecule has 118 valence electrons. The maximum absolute atomic E-state index is 12.9. The zero-order valence-electron chi connectivity index (χ0n) is 11.3. The maximum atomic E-state index is 12.9. The van der Waals surface area contributed by atoms with E-state index in [1.165, 1.54) is 12.3 Å². The van der Waals surface area contributed by atoms with Crippen LogP contribution in [0.4, 0.5) is 5.82 Å². The molecule has 2 bridgehead atoms. The van der Waals surface area contributed by atoms with Gasteiger partial charge in [-0.15, -0.1) is 12.4 Å². The van der Waals surface area contributed by atoms with Gasteiger partial charge in [0.1, 0.15) is 10.7 Å². The van der Waals surface area contributed by atoms with Crippen molar-refractivity contribution in [3.63, 3.8) is 0 Å². The third-order valence-corrected chi connectivity index (χ3v) is 6.23. The van der Waals surface area contributed by atoms with Crippen LogP contribution >= 0.6 is 24.0 Å². The lowest BCUT2D eigenvalue weighted by Gasteiger charge is -2.27. The summed E-state index contributed by atoms with van der Waals surface area (Å²) in [5.74, 6) is 0.00556. The van der Waals surface area contributed by atoms with Gasteiger partial charge in [0.2, 0.25) is 10.0 Å². The molecule has 2 saturated heterocycles. The third kappa shape index (κ3) is 2.98. The van der Waals surface area contributed by atoms with Crippen LogP contribution in [0.1, 0.15) is 19.3 Å². The van der Waals surface area contributed by atoms with Crippen molar-refractivity contribution in [3.8, 4) is 0 Å². The number of sulfonamides is 1. The van der Waals surface area contributed by atoms with Crippen LogP contribution in [0.15, 0.2) is 17.2 Å². The Morgan fingerprint density at radius 3 is 2.81 bits per heavy atom. The summed E-state index contributed by atoms with van der Waals surface area (Å²) >= 11 is 5.87. The van der Waals surface area contributed by atoms with Crippen LogP contribution in [0.2, 0.25) is 5.02 Å². The Balaban J connectivity index is 0.00000161. The van der Waals surface area contributed by atoms with E-state index in [4.69, 9.17) is 17.3 Å². The number of nitrogen functional groups attached to an aromatic ring is 1. The van der Waals surface area contributed by atoms with E-state index in [0.717, 1.165) is 25.8 Å². The third-order valence-electron chi connectivity index (χ3n) is 3.99. The molecule has 6 nitrogen and oxygen atoms in total. The van der Waals surface area contributed by atoms with Gasteiger partial charge in [-0.2, -0.15) is 4.31 Å². The molecule has 3 N–H and O–H groups in total. The van der Waals surface area contributed by atoms with Gasteiger partial charge < -0.3 is 11.1 Å². The SMILES string of the molecule is Cl.Nc1ncc(Cl)cc1S(=O)(=O)N1C2CCNCC1CC2. The number of nitrogens with one attached hydrogen (secondary N) is 1. The van der Waals surface area contributed by atoms with Gasteiger partial charge in [0.25, 0.3) is 0 Å². The quantitative estimate of drug-likeness (QED) is 0.836. The minimum Gasteiger partial charge on any atom is -0.383 e. The van der Waals surface area contributed by atoms with Crippen LogP contribution in [0.5, 0.6) is 0 Å². The summed E-state index contributed by atoms with van der Waals surface area (Å²) in [7, 11) is -3.65. The summed E-state index contributed by atoms with van der Waals surface area (Å²) in [6.45, 7) is 1.53. The van der Waals surface area contributed by atoms with Gasteiger partial charge in [0.05, 0.1) is 5.02 Å². The highest BCUT2D eigenvalue weighted by Crippen LogP contribution is 2.35. The molecule has 3 rings (SSSR count). The molecule has 0 radical (unpaired) electrons. The molecule has 2 fully saturated rings. The molecule has 3 heterocycles. The number of anilines is 1. The first-order chi connectivity index (χ1) is 9.50. The lowest BCUT2D eigenvalue weighted by atomic mass is 10.1. The molecule has 0 saturated carbocycles. The van der Waals surface area contributed by atoms with Crippen molar-refractivity contribution in [3.05, 3.63) is 17.3 Å². The Labute approximate surface area is 135 Å². The fraction of sp³-hybridized carbons (Fsp3) is 0.583. The molecule has 2 atom stereocenters. The Hall–Kier alpha value is -0.600. The summed E-state index contributed by atoms with van der Waals surface area (Å²) in [5.41, 5.74) is 5.74. The molecule has 1 aromatic rings. The summed E-state index contributed by atoms with van der Waals surface area (Å²) in [5, 5.41) is 3.56. The van der Waals surface area contributed by atoms with Crippen LogP contribution in [0.25, 0.3) is 0 Å². The van der Waals surface area contributed by atoms with Gasteiger partial charge in [-0.05, 0) is 31.9 Å². The number of nitrogens with two attached hydrogens (primary N) is 1. The number of pyridine rings is 1. The molecule has 9 heteroatoms. The summed E-state index contributed by atoms with van der Waals surface area (Å²) in [6, 6.07) is 1.42. The number of fused-ring (bicyclic) bond motifs is 2. The van der Waals surface area contributed by atoms with Gasteiger partial charge in [-0.25, -0.2) is 13.4 Å². The molecular formula is C12H18Cl2N4O2S. The van der Waals surface area contributed by atoms with E-state index in [0.29, 0.717) is 6.54 Å². The van der Waals surface area contributed by atoms with Crippen LogP contribution in [-0.4, -0.2) is 42.9 Å². The van der Waals surface area contributed by atoms with Gasteiger partial charge in [0, 0.05) is 24.8 Å². The average molecular weight is 353 g/mol. The fourth-order valence-electron chi connectivity index (χ4n) is 3.08. The van der Waals surface area contributed by atoms with Crippen LogP contribution in [0.3, 0.4) is 0 Å². The van der Waals surface area contributed by atoms with Gasteiger partial charge >= 0.3 is 0 Å². The first-order valence-electron chi connectivity index (χ1n) is 6.65. The van der Waals surface area contributed by atoms with E-state index in [9.17, 15) is 8.42 Å². The van der Waals surface area contributed by atoms with Crippen molar-refractivity contribution in [1.29, 1.82) is 0 Å². The van der Waals surface area contributed by atoms with Crippen molar-refractivity contribution in [2.75, 3.05) is 18.8 Å². The number of hydrogen-bond acceptors (Lipinski definition) is 5. The van der Waals surface area contributed by atoms with Crippen molar-refractivity contribution >= 4 is 39.8 Å². The highest BCUT2D eigenvalue weighted by molar-refractivity contribution is 7.89. The van der Waals surface area contributed by atoms with Crippen LogP contribution < -0.4 is 11.1 Å². The molecule has 0 amide bonds. The van der Waals surface area contributed by atoms with E-state index >= 15 is 0 Å². The van der Waals surface area contributed by atoms with E-state index in [1.807, 2.05) is 0 Å². The van der Waals surface area contributed by atoms with E-state index in [-0.39, 0.29) is 40.2 Å². The Bertz CT molecular complexity index is 612. The standard InChI is InChI=1S/C12H17ClN4O2S.ClH/c13-8-5-11(12(14)16-6-8)20(18,19)17-9-1-2-10(17)7-15-4-3-9;/h5-6,9-10,15H,1-4,7H2,(H2,14,16);1H.